The number of anilines is 1. The van der Waals surface area contributed by atoms with Gasteiger partial charge in [0.15, 0.2) is 0 Å². The summed E-state index contributed by atoms with van der Waals surface area (Å²) >= 11 is 0. The van der Waals surface area contributed by atoms with Gasteiger partial charge in [-0.2, -0.15) is 5.10 Å². The SMILES string of the molecule is COc1c(C)cc(C)cc1-c1cnn(C)c1N. The van der Waals surface area contributed by atoms with Gasteiger partial charge in [0.25, 0.3) is 0 Å². The van der Waals surface area contributed by atoms with Gasteiger partial charge < -0.3 is 10.5 Å². The van der Waals surface area contributed by atoms with E-state index in [2.05, 4.69) is 24.2 Å². The molecule has 0 bridgehead atoms. The zero-order valence-electron chi connectivity index (χ0n) is 10.6. The lowest BCUT2D eigenvalue weighted by Crippen LogP contribution is -1.99. The molecule has 0 spiro atoms. The summed E-state index contributed by atoms with van der Waals surface area (Å²) < 4.78 is 7.12. The van der Waals surface area contributed by atoms with Crippen molar-refractivity contribution in [1.82, 2.24) is 9.78 Å². The fourth-order valence-corrected chi connectivity index (χ4v) is 2.08. The molecule has 0 saturated carbocycles. The molecule has 1 heterocycles. The lowest BCUT2D eigenvalue weighted by Gasteiger charge is -2.12. The summed E-state index contributed by atoms with van der Waals surface area (Å²) in [6.07, 6.45) is 1.77. The van der Waals surface area contributed by atoms with Gasteiger partial charge in [-0.05, 0) is 31.0 Å². The van der Waals surface area contributed by atoms with Gasteiger partial charge in [-0.1, -0.05) is 6.07 Å². The van der Waals surface area contributed by atoms with Gasteiger partial charge >= 0.3 is 0 Å². The highest BCUT2D eigenvalue weighted by atomic mass is 16.5. The van der Waals surface area contributed by atoms with Gasteiger partial charge in [0.1, 0.15) is 11.6 Å². The Bertz CT molecular complexity index is 558. The molecule has 0 saturated heterocycles. The first-order valence-electron chi connectivity index (χ1n) is 5.47. The zero-order chi connectivity index (χ0) is 12.6. The maximum Gasteiger partial charge on any atom is 0.129 e. The number of rotatable bonds is 2. The van der Waals surface area contributed by atoms with Gasteiger partial charge in [0.2, 0.25) is 0 Å². The predicted octanol–water partition coefficient (Wildman–Crippen LogP) is 2.29. The van der Waals surface area contributed by atoms with E-state index in [1.807, 2.05) is 14.0 Å². The Morgan fingerprint density at radius 3 is 2.47 bits per heavy atom. The lowest BCUT2D eigenvalue weighted by atomic mass is 10.0. The molecule has 2 rings (SSSR count). The second-order valence-corrected chi connectivity index (χ2v) is 4.23. The van der Waals surface area contributed by atoms with E-state index in [0.717, 1.165) is 22.4 Å². The van der Waals surface area contributed by atoms with Gasteiger partial charge in [-0.3, -0.25) is 4.68 Å². The maximum atomic E-state index is 6.00. The number of aromatic nitrogens is 2. The van der Waals surface area contributed by atoms with Crippen LogP contribution in [0.15, 0.2) is 18.3 Å². The molecule has 0 fully saturated rings. The van der Waals surface area contributed by atoms with Gasteiger partial charge in [0.05, 0.1) is 13.3 Å². The topological polar surface area (TPSA) is 53.1 Å². The van der Waals surface area contributed by atoms with Crippen LogP contribution in [0.1, 0.15) is 11.1 Å². The van der Waals surface area contributed by atoms with Crippen LogP contribution in [0.3, 0.4) is 0 Å². The van der Waals surface area contributed by atoms with Crippen LogP contribution in [0.4, 0.5) is 5.82 Å². The first kappa shape index (κ1) is 11.5. The summed E-state index contributed by atoms with van der Waals surface area (Å²) in [6, 6.07) is 4.16. The molecule has 2 N–H and O–H groups in total. The van der Waals surface area contributed by atoms with Gasteiger partial charge in [-0.25, -0.2) is 0 Å². The zero-order valence-corrected chi connectivity index (χ0v) is 10.6. The van der Waals surface area contributed by atoms with Crippen LogP contribution in [0.5, 0.6) is 5.75 Å². The van der Waals surface area contributed by atoms with E-state index < -0.39 is 0 Å². The number of ether oxygens (including phenoxy) is 1. The minimum atomic E-state index is 0.647. The molecular formula is C13H17N3O. The summed E-state index contributed by atoms with van der Waals surface area (Å²) in [5.74, 6) is 1.50. The Kier molecular flexibility index (Phi) is 2.79. The van der Waals surface area contributed by atoms with Crippen molar-refractivity contribution in [2.75, 3.05) is 12.8 Å². The summed E-state index contributed by atoms with van der Waals surface area (Å²) in [5, 5.41) is 4.16. The minimum Gasteiger partial charge on any atom is -0.496 e. The average Bonchev–Trinajstić information content (AvgIpc) is 2.59. The lowest BCUT2D eigenvalue weighted by molar-refractivity contribution is 0.413. The molecule has 2 aromatic rings. The third-order valence-corrected chi connectivity index (χ3v) is 2.90. The van der Waals surface area contributed by atoms with E-state index in [9.17, 15) is 0 Å². The monoisotopic (exact) mass is 231 g/mol. The van der Waals surface area contributed by atoms with Crippen LogP contribution in [0.2, 0.25) is 0 Å². The quantitative estimate of drug-likeness (QED) is 0.862. The Morgan fingerprint density at radius 1 is 1.24 bits per heavy atom. The van der Waals surface area contributed by atoms with Crippen LogP contribution in [0, 0.1) is 13.8 Å². The second kappa shape index (κ2) is 4.13. The average molecular weight is 231 g/mol. The highest BCUT2D eigenvalue weighted by Gasteiger charge is 2.14. The van der Waals surface area contributed by atoms with Crippen LogP contribution >= 0.6 is 0 Å². The number of methoxy groups -OCH3 is 1. The van der Waals surface area contributed by atoms with Crippen molar-refractivity contribution in [1.29, 1.82) is 0 Å². The van der Waals surface area contributed by atoms with Crippen LogP contribution in [-0.4, -0.2) is 16.9 Å². The van der Waals surface area contributed by atoms with Crippen LogP contribution < -0.4 is 10.5 Å². The molecule has 0 aliphatic heterocycles. The van der Waals surface area contributed by atoms with Crippen molar-refractivity contribution in [3.8, 4) is 16.9 Å². The third-order valence-electron chi connectivity index (χ3n) is 2.90. The Labute approximate surface area is 101 Å². The van der Waals surface area contributed by atoms with Crippen molar-refractivity contribution in [2.24, 2.45) is 7.05 Å². The molecule has 0 amide bonds. The molecule has 0 unspecified atom stereocenters. The highest BCUT2D eigenvalue weighted by Crippen LogP contribution is 2.36. The number of nitrogens with two attached hydrogens (primary N) is 1. The maximum absolute atomic E-state index is 6.00. The third kappa shape index (κ3) is 1.86. The standard InChI is InChI=1S/C13H17N3O/c1-8-5-9(2)12(17-4)10(6-8)11-7-15-16(3)13(11)14/h5-7H,14H2,1-4H3. The molecule has 90 valence electrons. The second-order valence-electron chi connectivity index (χ2n) is 4.23. The highest BCUT2D eigenvalue weighted by molar-refractivity contribution is 5.79. The molecule has 0 radical (unpaired) electrons. The van der Waals surface area contributed by atoms with E-state index >= 15 is 0 Å². The van der Waals surface area contributed by atoms with E-state index in [1.54, 1.807) is 18.0 Å². The normalized spacial score (nSPS) is 10.6. The first-order valence-corrected chi connectivity index (χ1v) is 5.47. The van der Waals surface area contributed by atoms with Crippen molar-refractivity contribution in [3.63, 3.8) is 0 Å². The fourth-order valence-electron chi connectivity index (χ4n) is 2.08. The largest absolute Gasteiger partial charge is 0.496 e. The van der Waals surface area contributed by atoms with Gasteiger partial charge in [0, 0.05) is 18.2 Å². The number of nitrogen functional groups attached to an aromatic ring is 1. The van der Waals surface area contributed by atoms with E-state index in [-0.39, 0.29) is 0 Å². The van der Waals surface area contributed by atoms with Crippen molar-refractivity contribution >= 4 is 5.82 Å². The molecule has 1 aromatic carbocycles. The van der Waals surface area contributed by atoms with Crippen molar-refractivity contribution in [3.05, 3.63) is 29.5 Å². The minimum absolute atomic E-state index is 0.647. The molecule has 4 nitrogen and oxygen atoms in total. The van der Waals surface area contributed by atoms with Crippen molar-refractivity contribution in [2.45, 2.75) is 13.8 Å². The van der Waals surface area contributed by atoms with E-state index in [1.165, 1.54) is 5.56 Å². The smallest absolute Gasteiger partial charge is 0.129 e. The number of nitrogens with zero attached hydrogens (tertiary/aromatic N) is 2. The fraction of sp³-hybridized carbons (Fsp3) is 0.308. The van der Waals surface area contributed by atoms with Crippen LogP contribution in [-0.2, 0) is 7.05 Å². The summed E-state index contributed by atoms with van der Waals surface area (Å²) in [4.78, 5) is 0. The predicted molar refractivity (Wildman–Crippen MR) is 69.1 cm³/mol. The van der Waals surface area contributed by atoms with Gasteiger partial charge in [-0.15, -0.1) is 0 Å². The van der Waals surface area contributed by atoms with E-state index in [4.69, 9.17) is 10.5 Å². The molecular weight excluding hydrogens is 214 g/mol. The molecule has 0 aliphatic carbocycles. The number of benzene rings is 1. The summed E-state index contributed by atoms with van der Waals surface area (Å²) in [7, 11) is 3.50. The Hall–Kier alpha value is -1.97. The first-order chi connectivity index (χ1) is 8.04. The van der Waals surface area contributed by atoms with E-state index in [0.29, 0.717) is 5.82 Å². The Morgan fingerprint density at radius 2 is 1.94 bits per heavy atom. The molecule has 17 heavy (non-hydrogen) atoms. The molecule has 4 heteroatoms. The number of aryl methyl sites for hydroxylation is 3. The molecule has 1 aromatic heterocycles. The van der Waals surface area contributed by atoms with Crippen molar-refractivity contribution < 1.29 is 4.74 Å². The molecule has 0 atom stereocenters. The van der Waals surface area contributed by atoms with Crippen LogP contribution in [0.25, 0.3) is 11.1 Å². The Balaban J connectivity index is 2.70. The summed E-state index contributed by atoms with van der Waals surface area (Å²) in [6.45, 7) is 4.09. The number of hydrogen-bond acceptors (Lipinski definition) is 3. The number of hydrogen-bond donors (Lipinski definition) is 1. The molecule has 0 aliphatic rings. The summed E-state index contributed by atoms with van der Waals surface area (Å²) in [5.41, 5.74) is 10.2.